The highest BCUT2D eigenvalue weighted by Crippen LogP contribution is 2.18. The molecule has 8 heteroatoms. The minimum absolute atomic E-state index is 0.167. The number of rotatable bonds is 5. The van der Waals surface area contributed by atoms with Crippen molar-refractivity contribution < 1.29 is 24.6 Å². The smallest absolute Gasteiger partial charge is 0.326 e. The van der Waals surface area contributed by atoms with Gasteiger partial charge in [-0.05, 0) is 6.42 Å². The van der Waals surface area contributed by atoms with Gasteiger partial charge in [-0.2, -0.15) is 0 Å². The van der Waals surface area contributed by atoms with Crippen LogP contribution in [0.3, 0.4) is 0 Å². The van der Waals surface area contributed by atoms with E-state index in [1.165, 1.54) is 4.90 Å². The number of nitrogens with two attached hydrogens (primary N) is 1. The number of amides is 1. The van der Waals surface area contributed by atoms with E-state index in [9.17, 15) is 14.4 Å². The van der Waals surface area contributed by atoms with Gasteiger partial charge in [-0.15, -0.1) is 0 Å². The van der Waals surface area contributed by atoms with Crippen molar-refractivity contribution in [2.45, 2.75) is 18.5 Å². The zero-order valence-corrected chi connectivity index (χ0v) is 9.13. The largest absolute Gasteiger partial charge is 0.480 e. The predicted molar refractivity (Wildman–Crippen MR) is 56.2 cm³/mol. The summed E-state index contributed by atoms with van der Waals surface area (Å²) in [5.41, 5.74) is 5.18. The molecule has 1 amide bonds. The fourth-order valence-corrected chi connectivity index (χ4v) is 1.84. The third kappa shape index (κ3) is 3.40. The topological polar surface area (TPSA) is 133 Å². The molecule has 0 bridgehead atoms. The summed E-state index contributed by atoms with van der Waals surface area (Å²) in [7, 11) is 0. The second kappa shape index (κ2) is 5.60. The first-order chi connectivity index (χ1) is 7.95. The summed E-state index contributed by atoms with van der Waals surface area (Å²) in [6.07, 6.45) is 0.189. The SMILES string of the molecule is NCC(=O)N1CC(NCC(=O)O)C[C@H]1C(=O)O. The summed E-state index contributed by atoms with van der Waals surface area (Å²) in [5, 5.41) is 20.1. The Morgan fingerprint density at radius 1 is 1.35 bits per heavy atom. The van der Waals surface area contributed by atoms with E-state index in [0.29, 0.717) is 0 Å². The number of carboxylic acids is 2. The first-order valence-corrected chi connectivity index (χ1v) is 5.13. The number of carbonyl (C=O) groups excluding carboxylic acids is 1. The molecular weight excluding hydrogens is 230 g/mol. The van der Waals surface area contributed by atoms with Gasteiger partial charge in [-0.1, -0.05) is 0 Å². The van der Waals surface area contributed by atoms with Crippen molar-refractivity contribution in [1.29, 1.82) is 0 Å². The first kappa shape index (κ1) is 13.4. The molecule has 0 aliphatic carbocycles. The Morgan fingerprint density at radius 3 is 2.47 bits per heavy atom. The molecule has 1 fully saturated rings. The standard InChI is InChI=1S/C9H15N3O5/c10-2-7(13)12-4-5(11-3-8(14)15)1-6(12)9(16)17/h5-6,11H,1-4,10H2,(H,14,15)(H,16,17)/t5?,6-/m0/s1. The summed E-state index contributed by atoms with van der Waals surface area (Å²) >= 11 is 0. The Kier molecular flexibility index (Phi) is 4.41. The van der Waals surface area contributed by atoms with Gasteiger partial charge in [0.15, 0.2) is 0 Å². The van der Waals surface area contributed by atoms with Gasteiger partial charge in [0, 0.05) is 12.6 Å². The van der Waals surface area contributed by atoms with E-state index in [-0.39, 0.29) is 32.1 Å². The fraction of sp³-hybridized carbons (Fsp3) is 0.667. The van der Waals surface area contributed by atoms with Crippen LogP contribution in [-0.2, 0) is 14.4 Å². The second-order valence-corrected chi connectivity index (χ2v) is 3.81. The van der Waals surface area contributed by atoms with Crippen molar-refractivity contribution in [2.24, 2.45) is 5.73 Å². The van der Waals surface area contributed by atoms with Gasteiger partial charge < -0.3 is 26.2 Å². The van der Waals surface area contributed by atoms with Gasteiger partial charge in [-0.3, -0.25) is 9.59 Å². The monoisotopic (exact) mass is 245 g/mol. The molecule has 1 saturated heterocycles. The predicted octanol–water partition coefficient (Wildman–Crippen LogP) is -2.33. The average molecular weight is 245 g/mol. The summed E-state index contributed by atoms with van der Waals surface area (Å²) in [4.78, 5) is 33.9. The first-order valence-electron chi connectivity index (χ1n) is 5.13. The Labute approximate surface area is 97.4 Å². The Hall–Kier alpha value is -1.67. The molecule has 1 heterocycles. The number of hydrogen-bond donors (Lipinski definition) is 4. The molecule has 17 heavy (non-hydrogen) atoms. The maximum atomic E-state index is 11.4. The van der Waals surface area contributed by atoms with Crippen molar-refractivity contribution in [3.63, 3.8) is 0 Å². The maximum absolute atomic E-state index is 11.4. The van der Waals surface area contributed by atoms with E-state index < -0.39 is 23.9 Å². The van der Waals surface area contributed by atoms with Crippen molar-refractivity contribution in [1.82, 2.24) is 10.2 Å². The lowest BCUT2D eigenvalue weighted by atomic mass is 10.1. The number of aliphatic carboxylic acids is 2. The molecule has 0 aromatic rings. The third-order valence-corrected chi connectivity index (χ3v) is 2.62. The highest BCUT2D eigenvalue weighted by atomic mass is 16.4. The van der Waals surface area contributed by atoms with Crippen LogP contribution in [0.15, 0.2) is 0 Å². The van der Waals surface area contributed by atoms with Crippen molar-refractivity contribution in [2.75, 3.05) is 19.6 Å². The molecule has 1 unspecified atom stereocenters. The van der Waals surface area contributed by atoms with E-state index in [1.807, 2.05) is 0 Å². The lowest BCUT2D eigenvalue weighted by molar-refractivity contribution is -0.147. The van der Waals surface area contributed by atoms with Crippen molar-refractivity contribution >= 4 is 17.8 Å². The minimum atomic E-state index is -1.11. The summed E-state index contributed by atoms with van der Waals surface area (Å²) in [6.45, 7) is -0.350. The van der Waals surface area contributed by atoms with Crippen LogP contribution in [0.5, 0.6) is 0 Å². The van der Waals surface area contributed by atoms with E-state index in [0.717, 1.165) is 0 Å². The van der Waals surface area contributed by atoms with Crippen LogP contribution in [0.4, 0.5) is 0 Å². The molecule has 0 aromatic heterocycles. The molecule has 5 N–H and O–H groups in total. The molecular formula is C9H15N3O5. The Balaban J connectivity index is 2.62. The molecule has 8 nitrogen and oxygen atoms in total. The Bertz CT molecular complexity index is 333. The number of likely N-dealkylation sites (tertiary alicyclic amines) is 1. The summed E-state index contributed by atoms with van der Waals surface area (Å²) in [5.74, 6) is -2.58. The minimum Gasteiger partial charge on any atom is -0.480 e. The second-order valence-electron chi connectivity index (χ2n) is 3.81. The molecule has 96 valence electrons. The molecule has 0 spiro atoms. The summed E-state index contributed by atoms with van der Waals surface area (Å²) < 4.78 is 0. The van der Waals surface area contributed by atoms with Gasteiger partial charge in [-0.25, -0.2) is 4.79 Å². The van der Waals surface area contributed by atoms with Crippen LogP contribution in [0, 0.1) is 0 Å². The lowest BCUT2D eigenvalue weighted by Crippen LogP contribution is -2.44. The molecule has 0 saturated carbocycles. The lowest BCUT2D eigenvalue weighted by Gasteiger charge is -2.20. The van der Waals surface area contributed by atoms with Crippen molar-refractivity contribution in [3.8, 4) is 0 Å². The van der Waals surface area contributed by atoms with Gasteiger partial charge >= 0.3 is 11.9 Å². The van der Waals surface area contributed by atoms with Gasteiger partial charge in [0.2, 0.25) is 5.91 Å². The Morgan fingerprint density at radius 2 is 2.00 bits per heavy atom. The highest BCUT2D eigenvalue weighted by Gasteiger charge is 2.38. The van der Waals surface area contributed by atoms with E-state index in [2.05, 4.69) is 5.32 Å². The number of carboxylic acid groups (broad SMARTS) is 2. The molecule has 1 rings (SSSR count). The van der Waals surface area contributed by atoms with E-state index >= 15 is 0 Å². The molecule has 0 aromatic carbocycles. The summed E-state index contributed by atoms with van der Waals surface area (Å²) in [6, 6.07) is -1.26. The van der Waals surface area contributed by atoms with Crippen LogP contribution in [0.2, 0.25) is 0 Å². The van der Waals surface area contributed by atoms with Gasteiger partial charge in [0.05, 0.1) is 13.1 Å². The van der Waals surface area contributed by atoms with Crippen LogP contribution < -0.4 is 11.1 Å². The average Bonchev–Trinajstić information content (AvgIpc) is 2.69. The van der Waals surface area contributed by atoms with Crippen LogP contribution >= 0.6 is 0 Å². The van der Waals surface area contributed by atoms with E-state index in [4.69, 9.17) is 15.9 Å². The number of carbonyl (C=O) groups is 3. The maximum Gasteiger partial charge on any atom is 0.326 e. The van der Waals surface area contributed by atoms with Crippen molar-refractivity contribution in [3.05, 3.63) is 0 Å². The molecule has 1 aliphatic rings. The highest BCUT2D eigenvalue weighted by molar-refractivity contribution is 5.85. The van der Waals surface area contributed by atoms with Crippen LogP contribution in [-0.4, -0.2) is 64.7 Å². The van der Waals surface area contributed by atoms with Gasteiger partial charge in [0.25, 0.3) is 0 Å². The molecule has 2 atom stereocenters. The third-order valence-electron chi connectivity index (χ3n) is 2.62. The fourth-order valence-electron chi connectivity index (χ4n) is 1.84. The normalized spacial score (nSPS) is 23.7. The molecule has 0 radical (unpaired) electrons. The van der Waals surface area contributed by atoms with E-state index in [1.54, 1.807) is 0 Å². The quantitative estimate of drug-likeness (QED) is 0.427. The van der Waals surface area contributed by atoms with Crippen LogP contribution in [0.1, 0.15) is 6.42 Å². The zero-order valence-electron chi connectivity index (χ0n) is 9.13. The zero-order chi connectivity index (χ0) is 13.0. The number of nitrogens with one attached hydrogen (secondary N) is 1. The number of hydrogen-bond acceptors (Lipinski definition) is 5. The van der Waals surface area contributed by atoms with Gasteiger partial charge in [0.1, 0.15) is 6.04 Å². The number of nitrogens with zero attached hydrogens (tertiary/aromatic N) is 1. The molecule has 1 aliphatic heterocycles. The van der Waals surface area contributed by atoms with Crippen LogP contribution in [0.25, 0.3) is 0 Å².